The van der Waals surface area contributed by atoms with Gasteiger partial charge in [-0.2, -0.15) is 0 Å². The lowest BCUT2D eigenvalue weighted by Crippen LogP contribution is -2.60. The Morgan fingerprint density at radius 3 is 2.30 bits per heavy atom. The first-order chi connectivity index (χ1) is 12.5. The Kier molecular flexibility index (Phi) is 7.11. The summed E-state index contributed by atoms with van der Waals surface area (Å²) >= 11 is 0. The normalized spacial score (nSPS) is 22.7. The van der Waals surface area contributed by atoms with E-state index in [1.807, 2.05) is 6.92 Å². The van der Waals surface area contributed by atoms with Crippen molar-refractivity contribution in [1.82, 2.24) is 15.1 Å². The average Bonchev–Trinajstić information content (AvgIpc) is 2.67. The summed E-state index contributed by atoms with van der Waals surface area (Å²) in [5.41, 5.74) is 0.361. The number of piperazine rings is 1. The highest BCUT2D eigenvalue weighted by Crippen LogP contribution is 2.16. The van der Waals surface area contributed by atoms with Crippen molar-refractivity contribution in [2.75, 3.05) is 39.3 Å². The number of benzene rings is 1. The second-order valence-electron chi connectivity index (χ2n) is 6.43. The summed E-state index contributed by atoms with van der Waals surface area (Å²) in [6.45, 7) is 4.92. The summed E-state index contributed by atoms with van der Waals surface area (Å²) in [5, 5.41) is 13.9. The minimum atomic E-state index is -0.497. The molecule has 10 heteroatoms. The molecular weight excluding hydrogens is 376 g/mol. The van der Waals surface area contributed by atoms with Crippen molar-refractivity contribution in [3.63, 3.8) is 0 Å². The Hall–Kier alpha value is -2.23. The topological polar surface area (TPSA) is 105 Å². The first kappa shape index (κ1) is 21.1. The minimum absolute atomic E-state index is 0. The lowest BCUT2D eigenvalue weighted by atomic mass is 10.1. The number of hydrogen-bond donors (Lipinski definition) is 1. The Morgan fingerprint density at radius 2 is 1.74 bits per heavy atom. The second-order valence-corrected chi connectivity index (χ2v) is 6.43. The van der Waals surface area contributed by atoms with Crippen LogP contribution >= 0.6 is 12.4 Å². The van der Waals surface area contributed by atoms with Crippen molar-refractivity contribution in [1.29, 1.82) is 0 Å². The molecule has 2 fully saturated rings. The molecule has 2 aliphatic rings. The Bertz CT molecular complexity index is 691. The summed E-state index contributed by atoms with van der Waals surface area (Å²) in [6, 6.07) is 5.22. The van der Waals surface area contributed by atoms with Gasteiger partial charge in [0, 0.05) is 50.4 Å². The molecule has 0 saturated carbocycles. The molecule has 2 heterocycles. The molecule has 0 unspecified atom stereocenters. The van der Waals surface area contributed by atoms with Crippen LogP contribution < -0.4 is 5.32 Å². The maximum atomic E-state index is 12.6. The Balaban J connectivity index is 0.00000261. The molecule has 0 aliphatic carbocycles. The van der Waals surface area contributed by atoms with E-state index in [0.717, 1.165) is 0 Å². The maximum absolute atomic E-state index is 12.6. The summed E-state index contributed by atoms with van der Waals surface area (Å²) in [7, 11) is 0. The third-order valence-corrected chi connectivity index (χ3v) is 4.79. The average molecular weight is 399 g/mol. The molecule has 1 aromatic carbocycles. The minimum Gasteiger partial charge on any atom is -0.375 e. The fourth-order valence-corrected chi connectivity index (χ4v) is 3.24. The molecule has 148 valence electrons. The zero-order valence-corrected chi connectivity index (χ0v) is 15.8. The van der Waals surface area contributed by atoms with Gasteiger partial charge in [-0.15, -0.1) is 12.4 Å². The van der Waals surface area contributed by atoms with E-state index in [1.165, 1.54) is 24.3 Å². The van der Waals surface area contributed by atoms with E-state index in [2.05, 4.69) is 5.32 Å². The SMILES string of the molecule is C[C@H]1OCCN[C@@H]1C(=O)N1CCN(C(=O)c2ccc([N+](=O)[O-])cc2)CC1.Cl. The summed E-state index contributed by atoms with van der Waals surface area (Å²) in [4.78, 5) is 38.8. The fourth-order valence-electron chi connectivity index (χ4n) is 3.24. The van der Waals surface area contributed by atoms with Gasteiger partial charge in [-0.1, -0.05) is 0 Å². The third kappa shape index (κ3) is 4.74. The number of amides is 2. The van der Waals surface area contributed by atoms with E-state index < -0.39 is 4.92 Å². The number of carbonyl (C=O) groups is 2. The van der Waals surface area contributed by atoms with Gasteiger partial charge < -0.3 is 19.9 Å². The highest BCUT2D eigenvalue weighted by Gasteiger charge is 2.34. The Labute approximate surface area is 163 Å². The number of nitrogens with zero attached hydrogens (tertiary/aromatic N) is 3. The summed E-state index contributed by atoms with van der Waals surface area (Å²) in [5.74, 6) is -0.181. The molecule has 9 nitrogen and oxygen atoms in total. The van der Waals surface area contributed by atoms with Crippen LogP contribution in [0.1, 0.15) is 17.3 Å². The van der Waals surface area contributed by atoms with Crippen LogP contribution in [0.25, 0.3) is 0 Å². The first-order valence-electron chi connectivity index (χ1n) is 8.65. The zero-order chi connectivity index (χ0) is 18.7. The molecule has 27 heavy (non-hydrogen) atoms. The molecule has 0 bridgehead atoms. The van der Waals surface area contributed by atoms with Crippen LogP contribution in [0.2, 0.25) is 0 Å². The first-order valence-corrected chi connectivity index (χ1v) is 8.65. The second kappa shape index (κ2) is 9.12. The van der Waals surface area contributed by atoms with Gasteiger partial charge in [-0.3, -0.25) is 19.7 Å². The molecule has 2 amide bonds. The number of halogens is 1. The number of non-ortho nitro benzene ring substituents is 1. The van der Waals surface area contributed by atoms with Crippen LogP contribution in [-0.4, -0.2) is 78.0 Å². The van der Waals surface area contributed by atoms with Crippen LogP contribution in [0, 0.1) is 10.1 Å². The van der Waals surface area contributed by atoms with E-state index in [9.17, 15) is 19.7 Å². The molecule has 2 atom stereocenters. The van der Waals surface area contributed by atoms with Crippen molar-refractivity contribution in [2.24, 2.45) is 0 Å². The van der Waals surface area contributed by atoms with Gasteiger partial charge in [0.05, 0.1) is 17.6 Å². The highest BCUT2D eigenvalue weighted by molar-refractivity contribution is 5.94. The van der Waals surface area contributed by atoms with Gasteiger partial charge in [0.15, 0.2) is 0 Å². The number of morpholine rings is 1. The van der Waals surface area contributed by atoms with Crippen molar-refractivity contribution in [3.05, 3.63) is 39.9 Å². The number of rotatable bonds is 3. The third-order valence-electron chi connectivity index (χ3n) is 4.79. The quantitative estimate of drug-likeness (QED) is 0.593. The number of nitrogens with one attached hydrogen (secondary N) is 1. The summed E-state index contributed by atoms with van der Waals surface area (Å²) in [6.07, 6.45) is -0.170. The van der Waals surface area contributed by atoms with Gasteiger partial charge in [0.25, 0.3) is 11.6 Å². The number of hydrogen-bond acceptors (Lipinski definition) is 6. The van der Waals surface area contributed by atoms with Crippen LogP contribution in [0.5, 0.6) is 0 Å². The molecule has 2 aliphatic heterocycles. The van der Waals surface area contributed by atoms with Crippen molar-refractivity contribution >= 4 is 29.9 Å². The van der Waals surface area contributed by atoms with Gasteiger partial charge in [0.2, 0.25) is 5.91 Å². The lowest BCUT2D eigenvalue weighted by Gasteiger charge is -2.38. The van der Waals surface area contributed by atoms with Crippen molar-refractivity contribution in [2.45, 2.75) is 19.1 Å². The van der Waals surface area contributed by atoms with E-state index in [1.54, 1.807) is 9.80 Å². The van der Waals surface area contributed by atoms with E-state index in [4.69, 9.17) is 4.74 Å². The van der Waals surface area contributed by atoms with Crippen molar-refractivity contribution < 1.29 is 19.2 Å². The van der Waals surface area contributed by atoms with Crippen LogP contribution in [0.15, 0.2) is 24.3 Å². The van der Waals surface area contributed by atoms with E-state index in [-0.39, 0.29) is 42.1 Å². The number of carbonyl (C=O) groups excluding carboxylic acids is 2. The van der Waals surface area contributed by atoms with E-state index in [0.29, 0.717) is 44.9 Å². The summed E-state index contributed by atoms with van der Waals surface area (Å²) < 4.78 is 5.52. The van der Waals surface area contributed by atoms with Gasteiger partial charge >= 0.3 is 0 Å². The number of nitro benzene ring substituents is 1. The number of nitro groups is 1. The van der Waals surface area contributed by atoms with Crippen molar-refractivity contribution in [3.8, 4) is 0 Å². The smallest absolute Gasteiger partial charge is 0.269 e. The zero-order valence-electron chi connectivity index (χ0n) is 15.0. The molecular formula is C17H23ClN4O5. The predicted molar refractivity (Wildman–Crippen MR) is 100 cm³/mol. The van der Waals surface area contributed by atoms with Gasteiger partial charge in [-0.25, -0.2) is 0 Å². The van der Waals surface area contributed by atoms with Gasteiger partial charge in [-0.05, 0) is 19.1 Å². The van der Waals surface area contributed by atoms with Gasteiger partial charge in [0.1, 0.15) is 6.04 Å². The molecule has 0 spiro atoms. The number of ether oxygens (including phenoxy) is 1. The molecule has 0 radical (unpaired) electrons. The van der Waals surface area contributed by atoms with Crippen LogP contribution in [-0.2, 0) is 9.53 Å². The maximum Gasteiger partial charge on any atom is 0.269 e. The standard InChI is InChI=1S/C17H22N4O5.ClH/c1-12-15(18-6-11-26-12)17(23)20-9-7-19(8-10-20)16(22)13-2-4-14(5-3-13)21(24)25;/h2-5,12,15,18H,6-11H2,1H3;1H/t12-,15+;/m1./s1. The largest absolute Gasteiger partial charge is 0.375 e. The molecule has 3 rings (SSSR count). The monoisotopic (exact) mass is 398 g/mol. The molecule has 1 N–H and O–H groups in total. The fraction of sp³-hybridized carbons (Fsp3) is 0.529. The van der Waals surface area contributed by atoms with Crippen LogP contribution in [0.3, 0.4) is 0 Å². The Morgan fingerprint density at radius 1 is 1.15 bits per heavy atom. The predicted octanol–water partition coefficient (Wildman–Crippen LogP) is 0.678. The molecule has 1 aromatic rings. The molecule has 2 saturated heterocycles. The van der Waals surface area contributed by atoms with Crippen LogP contribution in [0.4, 0.5) is 5.69 Å². The van der Waals surface area contributed by atoms with E-state index >= 15 is 0 Å². The molecule has 0 aromatic heterocycles. The highest BCUT2D eigenvalue weighted by atomic mass is 35.5. The lowest BCUT2D eigenvalue weighted by molar-refractivity contribution is -0.384.